The Labute approximate surface area is 163 Å². The lowest BCUT2D eigenvalue weighted by Crippen LogP contribution is -2.34. The van der Waals surface area contributed by atoms with Crippen LogP contribution in [0.1, 0.15) is 41.4 Å². The third kappa shape index (κ3) is 5.53. The largest absolute Gasteiger partial charge is 0.455 e. The monoisotopic (exact) mass is 385 g/mol. The Kier molecular flexibility index (Phi) is 6.45. The summed E-state index contributed by atoms with van der Waals surface area (Å²) in [5.41, 5.74) is 4.14. The third-order valence-corrected chi connectivity index (χ3v) is 5.17. The second-order valence-electron chi connectivity index (χ2n) is 6.59. The summed E-state index contributed by atoms with van der Waals surface area (Å²) in [5, 5.41) is 3.51. The number of nitrogens with zero attached hydrogens (tertiary/aromatic N) is 2. The molecule has 1 atom stereocenters. The summed E-state index contributed by atoms with van der Waals surface area (Å²) >= 11 is 1.21. The van der Waals surface area contributed by atoms with E-state index in [1.54, 1.807) is 0 Å². The van der Waals surface area contributed by atoms with Crippen molar-refractivity contribution >= 4 is 23.6 Å². The number of hydrogen-bond donors (Lipinski definition) is 1. The van der Waals surface area contributed by atoms with Gasteiger partial charge in [-0.05, 0) is 50.3 Å². The lowest BCUT2D eigenvalue weighted by Gasteiger charge is -2.26. The number of nitrogens with one attached hydrogen (secondary N) is 1. The molecule has 1 aliphatic rings. The zero-order chi connectivity index (χ0) is 19.2. The number of rotatable bonds is 6. The third-order valence-electron chi connectivity index (χ3n) is 4.35. The van der Waals surface area contributed by atoms with Crippen LogP contribution in [0.25, 0.3) is 0 Å². The van der Waals surface area contributed by atoms with Crippen LogP contribution in [0.4, 0.5) is 0 Å². The standard InChI is InChI=1S/C20H23N3O3S/c1-13-10-14(2)22-20(21-13)27-12-19(25)26-11-18(24)23-17-9-5-7-15-6-3-4-8-16(15)17/h3-4,6,8,10,17H,5,7,9,11-12H2,1-2H3,(H,23,24)/t17-/m0/s1. The van der Waals surface area contributed by atoms with E-state index in [0.29, 0.717) is 5.16 Å². The first-order valence-electron chi connectivity index (χ1n) is 8.99. The smallest absolute Gasteiger partial charge is 0.316 e. The number of carbonyl (C=O) groups excluding carboxylic acids is 2. The van der Waals surface area contributed by atoms with Crippen molar-refractivity contribution in [1.29, 1.82) is 0 Å². The van der Waals surface area contributed by atoms with Crippen molar-refractivity contribution in [3.05, 3.63) is 52.8 Å². The molecule has 0 fully saturated rings. The molecule has 0 unspecified atom stereocenters. The Morgan fingerprint density at radius 2 is 1.96 bits per heavy atom. The number of hydrogen-bond acceptors (Lipinski definition) is 6. The maximum absolute atomic E-state index is 12.2. The van der Waals surface area contributed by atoms with Crippen molar-refractivity contribution in [2.45, 2.75) is 44.3 Å². The summed E-state index contributed by atoms with van der Waals surface area (Å²) in [4.78, 5) is 32.6. The van der Waals surface area contributed by atoms with Gasteiger partial charge in [0.25, 0.3) is 5.91 Å². The van der Waals surface area contributed by atoms with Gasteiger partial charge in [0.2, 0.25) is 0 Å². The minimum Gasteiger partial charge on any atom is -0.455 e. The molecular weight excluding hydrogens is 362 g/mol. The van der Waals surface area contributed by atoms with E-state index in [4.69, 9.17) is 4.74 Å². The molecule has 6 nitrogen and oxygen atoms in total. The summed E-state index contributed by atoms with van der Waals surface area (Å²) in [6, 6.07) is 10.00. The van der Waals surface area contributed by atoms with Gasteiger partial charge in [0.05, 0.1) is 11.8 Å². The number of fused-ring (bicyclic) bond motifs is 1. The highest BCUT2D eigenvalue weighted by Crippen LogP contribution is 2.29. The maximum atomic E-state index is 12.2. The van der Waals surface area contributed by atoms with E-state index in [1.165, 1.54) is 17.3 Å². The number of amides is 1. The Morgan fingerprint density at radius 1 is 1.22 bits per heavy atom. The Hall–Kier alpha value is -2.41. The van der Waals surface area contributed by atoms with Crippen LogP contribution in [0.2, 0.25) is 0 Å². The van der Waals surface area contributed by atoms with Crippen LogP contribution in [-0.2, 0) is 20.7 Å². The van der Waals surface area contributed by atoms with E-state index in [1.807, 2.05) is 38.1 Å². The van der Waals surface area contributed by atoms with E-state index in [9.17, 15) is 9.59 Å². The lowest BCUT2D eigenvalue weighted by molar-refractivity contribution is -0.146. The van der Waals surface area contributed by atoms with Gasteiger partial charge < -0.3 is 10.1 Å². The molecule has 0 bridgehead atoms. The summed E-state index contributed by atoms with van der Waals surface area (Å²) in [7, 11) is 0. The van der Waals surface area contributed by atoms with E-state index < -0.39 is 5.97 Å². The van der Waals surface area contributed by atoms with Gasteiger partial charge in [-0.15, -0.1) is 0 Å². The highest BCUT2D eigenvalue weighted by molar-refractivity contribution is 7.99. The van der Waals surface area contributed by atoms with Crippen LogP contribution >= 0.6 is 11.8 Å². The highest BCUT2D eigenvalue weighted by Gasteiger charge is 2.21. The average molecular weight is 385 g/mol. The molecule has 27 heavy (non-hydrogen) atoms. The van der Waals surface area contributed by atoms with Gasteiger partial charge in [-0.3, -0.25) is 9.59 Å². The zero-order valence-corrected chi connectivity index (χ0v) is 16.3. The maximum Gasteiger partial charge on any atom is 0.316 e. The molecule has 7 heteroatoms. The van der Waals surface area contributed by atoms with Crippen LogP contribution in [-0.4, -0.2) is 34.2 Å². The lowest BCUT2D eigenvalue weighted by atomic mass is 9.88. The average Bonchev–Trinajstić information content (AvgIpc) is 2.64. The fraction of sp³-hybridized carbons (Fsp3) is 0.400. The van der Waals surface area contributed by atoms with Crippen molar-refractivity contribution in [1.82, 2.24) is 15.3 Å². The highest BCUT2D eigenvalue weighted by atomic mass is 32.2. The van der Waals surface area contributed by atoms with Gasteiger partial charge in [-0.25, -0.2) is 9.97 Å². The van der Waals surface area contributed by atoms with Crippen molar-refractivity contribution in [2.24, 2.45) is 0 Å². The van der Waals surface area contributed by atoms with Gasteiger partial charge in [-0.1, -0.05) is 36.0 Å². The quantitative estimate of drug-likeness (QED) is 0.468. The van der Waals surface area contributed by atoms with E-state index >= 15 is 0 Å². The number of ether oxygens (including phenoxy) is 1. The summed E-state index contributed by atoms with van der Waals surface area (Å²) in [5.74, 6) is -0.665. The number of aromatic nitrogens is 2. The van der Waals surface area contributed by atoms with Gasteiger partial charge in [-0.2, -0.15) is 0 Å². The molecule has 0 spiro atoms. The van der Waals surface area contributed by atoms with Gasteiger partial charge in [0.1, 0.15) is 0 Å². The minimum atomic E-state index is -0.457. The SMILES string of the molecule is Cc1cc(C)nc(SCC(=O)OCC(=O)N[C@H]2CCCc3ccccc32)n1. The molecular formula is C20H23N3O3S. The van der Waals surface area contributed by atoms with Gasteiger partial charge >= 0.3 is 5.97 Å². The molecule has 0 radical (unpaired) electrons. The second kappa shape index (κ2) is 8.99. The van der Waals surface area contributed by atoms with E-state index in [-0.39, 0.29) is 24.3 Å². The fourth-order valence-corrected chi connectivity index (χ4v) is 3.96. The Balaban J connectivity index is 1.45. The number of esters is 1. The van der Waals surface area contributed by atoms with Crippen LogP contribution < -0.4 is 5.32 Å². The van der Waals surface area contributed by atoms with Gasteiger partial charge in [0.15, 0.2) is 11.8 Å². The van der Waals surface area contributed by atoms with Crippen LogP contribution in [0.5, 0.6) is 0 Å². The number of aryl methyl sites for hydroxylation is 3. The number of thioether (sulfide) groups is 1. The molecule has 1 aromatic heterocycles. The molecule has 1 amide bonds. The molecule has 2 aromatic rings. The van der Waals surface area contributed by atoms with Crippen LogP contribution in [0.15, 0.2) is 35.5 Å². The summed E-state index contributed by atoms with van der Waals surface area (Å²) in [6.07, 6.45) is 2.97. The first-order chi connectivity index (χ1) is 13.0. The second-order valence-corrected chi connectivity index (χ2v) is 7.54. The Bertz CT molecular complexity index is 821. The normalized spacial score (nSPS) is 15.7. The van der Waals surface area contributed by atoms with Gasteiger partial charge in [0, 0.05) is 11.4 Å². The minimum absolute atomic E-state index is 0.0146. The van der Waals surface area contributed by atoms with E-state index in [2.05, 4.69) is 21.4 Å². The number of benzene rings is 1. The van der Waals surface area contributed by atoms with Crippen molar-refractivity contribution in [2.75, 3.05) is 12.4 Å². The molecule has 142 valence electrons. The van der Waals surface area contributed by atoms with Crippen LogP contribution in [0.3, 0.4) is 0 Å². The molecule has 1 aromatic carbocycles. The zero-order valence-electron chi connectivity index (χ0n) is 15.5. The first-order valence-corrected chi connectivity index (χ1v) is 9.97. The predicted molar refractivity (Wildman–Crippen MR) is 103 cm³/mol. The number of carbonyl (C=O) groups is 2. The molecule has 0 saturated heterocycles. The van der Waals surface area contributed by atoms with Crippen molar-refractivity contribution in [3.8, 4) is 0 Å². The molecule has 1 heterocycles. The molecule has 1 aliphatic carbocycles. The summed E-state index contributed by atoms with van der Waals surface area (Å²) < 4.78 is 5.09. The predicted octanol–water partition coefficient (Wildman–Crippen LogP) is 2.92. The van der Waals surface area contributed by atoms with Crippen molar-refractivity contribution < 1.29 is 14.3 Å². The molecule has 3 rings (SSSR count). The van der Waals surface area contributed by atoms with E-state index in [0.717, 1.165) is 36.2 Å². The molecule has 0 aliphatic heterocycles. The molecule has 1 N–H and O–H groups in total. The Morgan fingerprint density at radius 3 is 2.74 bits per heavy atom. The topological polar surface area (TPSA) is 81.2 Å². The van der Waals surface area contributed by atoms with Crippen molar-refractivity contribution in [3.63, 3.8) is 0 Å². The first kappa shape index (κ1) is 19.4. The van der Waals surface area contributed by atoms with Crippen LogP contribution in [0, 0.1) is 13.8 Å². The summed E-state index contributed by atoms with van der Waals surface area (Å²) in [6.45, 7) is 3.49. The molecule has 0 saturated carbocycles. The fourth-order valence-electron chi connectivity index (χ4n) is 3.21.